The van der Waals surface area contributed by atoms with Crippen molar-refractivity contribution in [2.75, 3.05) is 7.11 Å². The van der Waals surface area contributed by atoms with E-state index in [1.165, 1.54) is 0 Å². The molecule has 6 heteroatoms. The second-order valence-electron chi connectivity index (χ2n) is 3.28. The molecule has 0 amide bonds. The molecule has 0 aromatic rings. The fourth-order valence-electron chi connectivity index (χ4n) is 1.39. The lowest BCUT2D eigenvalue weighted by atomic mass is 9.65. The Hall–Kier alpha value is -0.450. The highest BCUT2D eigenvalue weighted by atomic mass is 35.5. The molecule has 0 bridgehead atoms. The molecule has 1 aliphatic rings. The number of carbonyl (C=O) groups excluding carboxylic acids is 1. The smallest absolute Gasteiger partial charge is 0.316 e. The van der Waals surface area contributed by atoms with Gasteiger partial charge in [0, 0.05) is 6.42 Å². The molecule has 1 rings (SSSR count). The molecule has 2 unspecified atom stereocenters. The minimum atomic E-state index is -3.67. The van der Waals surface area contributed by atoms with Gasteiger partial charge in [-0.05, 0) is 6.92 Å². The number of halogens is 4. The van der Waals surface area contributed by atoms with Crippen molar-refractivity contribution < 1.29 is 22.7 Å². The zero-order chi connectivity index (χ0) is 10.5. The highest BCUT2D eigenvalue weighted by Crippen LogP contribution is 2.64. The zero-order valence-corrected chi connectivity index (χ0v) is 7.79. The lowest BCUT2D eigenvalue weighted by molar-refractivity contribution is -0.253. The van der Waals surface area contributed by atoms with Crippen molar-refractivity contribution in [1.29, 1.82) is 0 Å². The summed E-state index contributed by atoms with van der Waals surface area (Å²) in [4.78, 5) is 10.9. The average Bonchev–Trinajstić information content (AvgIpc) is 2.01. The maximum Gasteiger partial charge on any atom is 0.316 e. The van der Waals surface area contributed by atoms with Crippen LogP contribution in [0.25, 0.3) is 0 Å². The van der Waals surface area contributed by atoms with E-state index in [0.717, 1.165) is 14.0 Å². The Kier molecular flexibility index (Phi) is 2.07. The first-order chi connectivity index (χ1) is 5.69. The van der Waals surface area contributed by atoms with Gasteiger partial charge >= 0.3 is 5.97 Å². The summed E-state index contributed by atoms with van der Waals surface area (Å²) in [6, 6.07) is 0. The fourth-order valence-corrected chi connectivity index (χ4v) is 1.60. The van der Waals surface area contributed by atoms with E-state index in [-0.39, 0.29) is 0 Å². The number of carbonyl (C=O) groups is 1. The molecule has 1 saturated carbocycles. The van der Waals surface area contributed by atoms with E-state index in [1.54, 1.807) is 0 Å². The molecule has 2 nitrogen and oxygen atoms in total. The Balaban J connectivity index is 2.95. The van der Waals surface area contributed by atoms with Crippen molar-refractivity contribution in [3.63, 3.8) is 0 Å². The van der Waals surface area contributed by atoms with Crippen LogP contribution >= 0.6 is 11.6 Å². The molecule has 2 atom stereocenters. The van der Waals surface area contributed by atoms with Crippen LogP contribution in [0.1, 0.15) is 13.3 Å². The normalized spacial score (nSPS) is 42.3. The van der Waals surface area contributed by atoms with Crippen molar-refractivity contribution >= 4 is 17.6 Å². The summed E-state index contributed by atoms with van der Waals surface area (Å²) < 4.78 is 42.6. The Labute approximate surface area is 78.0 Å². The molecule has 1 aliphatic carbocycles. The second-order valence-corrected chi connectivity index (χ2v) is 3.80. The van der Waals surface area contributed by atoms with E-state index in [2.05, 4.69) is 4.74 Å². The van der Waals surface area contributed by atoms with Gasteiger partial charge in [-0.1, -0.05) is 11.6 Å². The Morgan fingerprint density at radius 3 is 2.15 bits per heavy atom. The standard InChI is InChI=1S/C7H8ClF3O2/c1-5(4(12)13-2)3-6(9,10)7(5,8)11/h3H2,1-2H3. The van der Waals surface area contributed by atoms with Crippen LogP contribution in [0, 0.1) is 5.41 Å². The van der Waals surface area contributed by atoms with Crippen LogP contribution in [-0.2, 0) is 9.53 Å². The van der Waals surface area contributed by atoms with Crippen molar-refractivity contribution in [2.24, 2.45) is 5.41 Å². The molecule has 0 aromatic carbocycles. The number of esters is 1. The van der Waals surface area contributed by atoms with E-state index in [0.29, 0.717) is 0 Å². The van der Waals surface area contributed by atoms with Crippen LogP contribution in [0.5, 0.6) is 0 Å². The highest BCUT2D eigenvalue weighted by Gasteiger charge is 2.79. The van der Waals surface area contributed by atoms with Crippen LogP contribution in [0.3, 0.4) is 0 Å². The Bertz CT molecular complexity index is 254. The molecule has 0 aromatic heterocycles. The fraction of sp³-hybridized carbons (Fsp3) is 0.857. The molecule has 0 radical (unpaired) electrons. The molecular weight excluding hydrogens is 209 g/mol. The van der Waals surface area contributed by atoms with Gasteiger partial charge in [0.1, 0.15) is 5.41 Å². The number of hydrogen-bond donors (Lipinski definition) is 0. The summed E-state index contributed by atoms with van der Waals surface area (Å²) in [5.41, 5.74) is -1.95. The van der Waals surface area contributed by atoms with Crippen LogP contribution in [0.15, 0.2) is 0 Å². The van der Waals surface area contributed by atoms with Crippen molar-refractivity contribution in [3.05, 3.63) is 0 Å². The van der Waals surface area contributed by atoms with Gasteiger partial charge in [0.2, 0.25) is 0 Å². The molecule has 0 saturated heterocycles. The Morgan fingerprint density at radius 1 is 1.46 bits per heavy atom. The maximum atomic E-state index is 13.2. The predicted octanol–water partition coefficient (Wildman–Crippen LogP) is 2.11. The SMILES string of the molecule is COC(=O)C1(C)CC(F)(F)C1(F)Cl. The quantitative estimate of drug-likeness (QED) is 0.496. The van der Waals surface area contributed by atoms with Crippen LogP contribution in [-0.4, -0.2) is 24.1 Å². The second kappa shape index (κ2) is 2.53. The summed E-state index contributed by atoms with van der Waals surface area (Å²) in [7, 11) is 0.997. The summed E-state index contributed by atoms with van der Waals surface area (Å²) >= 11 is 4.96. The summed E-state index contributed by atoms with van der Waals surface area (Å²) in [6.45, 7) is 1.02. The third-order valence-electron chi connectivity index (χ3n) is 2.36. The van der Waals surface area contributed by atoms with Gasteiger partial charge < -0.3 is 4.74 Å². The first-order valence-electron chi connectivity index (χ1n) is 3.53. The highest BCUT2D eigenvalue weighted by molar-refractivity contribution is 6.26. The van der Waals surface area contributed by atoms with Gasteiger partial charge in [-0.3, -0.25) is 4.79 Å². The molecule has 0 spiro atoms. The summed E-state index contributed by atoms with van der Waals surface area (Å²) in [5.74, 6) is -4.73. The molecule has 1 fully saturated rings. The number of ether oxygens (including phenoxy) is 1. The van der Waals surface area contributed by atoms with Crippen LogP contribution < -0.4 is 0 Å². The van der Waals surface area contributed by atoms with Gasteiger partial charge in [-0.2, -0.15) is 0 Å². The molecule has 0 N–H and O–H groups in total. The number of methoxy groups -OCH3 is 1. The van der Waals surface area contributed by atoms with E-state index in [9.17, 15) is 18.0 Å². The predicted molar refractivity (Wildman–Crippen MR) is 39.4 cm³/mol. The lowest BCUT2D eigenvalue weighted by Crippen LogP contribution is -2.68. The monoisotopic (exact) mass is 216 g/mol. The molecule has 76 valence electrons. The van der Waals surface area contributed by atoms with E-state index in [4.69, 9.17) is 11.6 Å². The largest absolute Gasteiger partial charge is 0.468 e. The first kappa shape index (κ1) is 10.6. The van der Waals surface area contributed by atoms with Crippen molar-refractivity contribution in [3.8, 4) is 0 Å². The van der Waals surface area contributed by atoms with Crippen LogP contribution in [0.2, 0.25) is 0 Å². The molecule has 0 aliphatic heterocycles. The first-order valence-corrected chi connectivity index (χ1v) is 3.91. The van der Waals surface area contributed by atoms with Crippen molar-refractivity contribution in [1.82, 2.24) is 0 Å². The number of alkyl halides is 4. The van der Waals surface area contributed by atoms with Crippen LogP contribution in [0.4, 0.5) is 13.2 Å². The van der Waals surface area contributed by atoms with Gasteiger partial charge in [-0.25, -0.2) is 13.2 Å². The maximum absolute atomic E-state index is 13.2. The molecular formula is C7H8ClF3O2. The van der Waals surface area contributed by atoms with Gasteiger partial charge in [0.25, 0.3) is 11.1 Å². The van der Waals surface area contributed by atoms with E-state index >= 15 is 0 Å². The third kappa shape index (κ3) is 1.06. The molecule has 0 heterocycles. The zero-order valence-electron chi connectivity index (χ0n) is 7.04. The van der Waals surface area contributed by atoms with E-state index < -0.39 is 28.9 Å². The molecule has 13 heavy (non-hydrogen) atoms. The van der Waals surface area contributed by atoms with Gasteiger partial charge in [0.05, 0.1) is 7.11 Å². The average molecular weight is 217 g/mol. The summed E-state index contributed by atoms with van der Waals surface area (Å²) in [6.07, 6.45) is -0.924. The topological polar surface area (TPSA) is 26.3 Å². The number of hydrogen-bond acceptors (Lipinski definition) is 2. The lowest BCUT2D eigenvalue weighted by Gasteiger charge is -2.51. The number of rotatable bonds is 1. The minimum absolute atomic E-state index is 0.924. The summed E-state index contributed by atoms with van der Waals surface area (Å²) in [5, 5.41) is -3.34. The van der Waals surface area contributed by atoms with Crippen molar-refractivity contribution in [2.45, 2.75) is 24.4 Å². The van der Waals surface area contributed by atoms with Gasteiger partial charge in [0.15, 0.2) is 0 Å². The Morgan fingerprint density at radius 2 is 1.92 bits per heavy atom. The third-order valence-corrected chi connectivity index (χ3v) is 3.06. The minimum Gasteiger partial charge on any atom is -0.468 e. The van der Waals surface area contributed by atoms with Gasteiger partial charge in [-0.15, -0.1) is 0 Å². The van der Waals surface area contributed by atoms with E-state index in [1.807, 2.05) is 0 Å².